The summed E-state index contributed by atoms with van der Waals surface area (Å²) in [6, 6.07) is 1.53. The van der Waals surface area contributed by atoms with Crippen molar-refractivity contribution in [3.8, 4) is 17.2 Å². The lowest BCUT2D eigenvalue weighted by molar-refractivity contribution is 0.0984. The van der Waals surface area contributed by atoms with Crippen LogP contribution in [0.15, 0.2) is 14.1 Å². The van der Waals surface area contributed by atoms with Gasteiger partial charge in [0.2, 0.25) is 11.6 Å². The summed E-state index contributed by atoms with van der Waals surface area (Å²) < 4.78 is 16.2. The molecule has 7 heteroatoms. The van der Waals surface area contributed by atoms with Crippen molar-refractivity contribution in [3.05, 3.63) is 25.3 Å². The van der Waals surface area contributed by atoms with Gasteiger partial charge in [0.15, 0.2) is 11.5 Å². The number of benzene rings is 1. The maximum atomic E-state index is 12.4. The molecule has 0 atom stereocenters. The molecular weight excluding hydrogens is 443 g/mol. The fourth-order valence-corrected chi connectivity index (χ4v) is 2.89. The van der Waals surface area contributed by atoms with Crippen molar-refractivity contribution in [3.63, 3.8) is 0 Å². The summed E-state index contributed by atoms with van der Waals surface area (Å²) in [6.45, 7) is 0. The van der Waals surface area contributed by atoms with Crippen molar-refractivity contribution in [2.45, 2.75) is 0 Å². The first kappa shape index (κ1) is 15.3. The van der Waals surface area contributed by atoms with Crippen LogP contribution in [-0.2, 0) is 0 Å². The minimum absolute atomic E-state index is 0.168. The molecular formula is C13H10BrIO5. The molecule has 1 aromatic carbocycles. The Balaban J connectivity index is 2.90. The van der Waals surface area contributed by atoms with E-state index >= 15 is 0 Å². The van der Waals surface area contributed by atoms with Crippen LogP contribution in [0.2, 0.25) is 0 Å². The Bertz CT molecular complexity index is 651. The van der Waals surface area contributed by atoms with E-state index in [1.54, 1.807) is 0 Å². The lowest BCUT2D eigenvalue weighted by Gasteiger charge is -2.21. The largest absolute Gasteiger partial charge is 0.496 e. The third-order valence-electron chi connectivity index (χ3n) is 2.90. The van der Waals surface area contributed by atoms with E-state index < -0.39 is 0 Å². The average Bonchev–Trinajstić information content (AvgIpc) is 2.48. The summed E-state index contributed by atoms with van der Waals surface area (Å²) in [5, 5.41) is 0. The van der Waals surface area contributed by atoms with Gasteiger partial charge in [0.25, 0.3) is 0 Å². The van der Waals surface area contributed by atoms with E-state index in [9.17, 15) is 9.59 Å². The topological polar surface area (TPSA) is 61.8 Å². The number of fused-ring (bicyclic) bond motifs is 1. The molecule has 0 unspecified atom stereocenters. The molecule has 0 amide bonds. The standard InChI is InChI=1S/C13H10BrIO5/c1-18-5-4-6(19-2)13(20-3)8-7(5)11(16)9(14)10(15)12(8)17/h4H,1-3H3. The van der Waals surface area contributed by atoms with E-state index in [2.05, 4.69) is 15.9 Å². The van der Waals surface area contributed by atoms with E-state index in [1.165, 1.54) is 27.4 Å². The summed E-state index contributed by atoms with van der Waals surface area (Å²) in [4.78, 5) is 24.8. The molecule has 0 aromatic heterocycles. The van der Waals surface area contributed by atoms with E-state index in [0.717, 1.165) is 0 Å². The molecule has 0 radical (unpaired) electrons. The van der Waals surface area contributed by atoms with Gasteiger partial charge in [-0.3, -0.25) is 9.59 Å². The van der Waals surface area contributed by atoms with Crippen LogP contribution >= 0.6 is 38.5 Å². The first-order chi connectivity index (χ1) is 9.47. The molecule has 106 valence electrons. The first-order valence-electron chi connectivity index (χ1n) is 5.45. The lowest BCUT2D eigenvalue weighted by Crippen LogP contribution is -2.20. The summed E-state index contributed by atoms with van der Waals surface area (Å²) in [6.07, 6.45) is 0. The number of methoxy groups -OCH3 is 3. The van der Waals surface area contributed by atoms with Crippen molar-refractivity contribution in [1.82, 2.24) is 0 Å². The summed E-state index contributed by atoms with van der Waals surface area (Å²) in [5.74, 6) is 0.224. The molecule has 1 aromatic rings. The predicted molar refractivity (Wildman–Crippen MR) is 84.7 cm³/mol. The Kier molecular flexibility index (Phi) is 4.38. The summed E-state index contributed by atoms with van der Waals surface area (Å²) >= 11 is 4.98. The van der Waals surface area contributed by atoms with E-state index in [0.29, 0.717) is 9.33 Å². The first-order valence-corrected chi connectivity index (χ1v) is 7.32. The van der Waals surface area contributed by atoms with Crippen molar-refractivity contribution < 1.29 is 23.8 Å². The second-order valence-electron chi connectivity index (χ2n) is 3.85. The number of hydrogen-bond donors (Lipinski definition) is 0. The zero-order chi connectivity index (χ0) is 15.0. The molecule has 0 fully saturated rings. The summed E-state index contributed by atoms with van der Waals surface area (Å²) in [7, 11) is 4.30. The number of carbonyl (C=O) groups excluding carboxylic acids is 2. The van der Waals surface area contributed by atoms with Crippen molar-refractivity contribution in [1.29, 1.82) is 0 Å². The van der Waals surface area contributed by atoms with Crippen LogP contribution in [0.5, 0.6) is 17.2 Å². The zero-order valence-corrected chi connectivity index (χ0v) is 14.6. The van der Waals surface area contributed by atoms with Gasteiger partial charge in [-0.25, -0.2) is 0 Å². The number of hydrogen-bond acceptors (Lipinski definition) is 5. The number of halogens is 2. The van der Waals surface area contributed by atoms with Crippen LogP contribution in [0.3, 0.4) is 0 Å². The predicted octanol–water partition coefficient (Wildman–Crippen LogP) is 3.13. The molecule has 0 saturated carbocycles. The van der Waals surface area contributed by atoms with Gasteiger partial charge in [-0.2, -0.15) is 0 Å². The highest BCUT2D eigenvalue weighted by Gasteiger charge is 2.37. The van der Waals surface area contributed by atoms with Crippen LogP contribution in [-0.4, -0.2) is 32.9 Å². The van der Waals surface area contributed by atoms with Gasteiger partial charge in [0.05, 0.1) is 40.5 Å². The quantitative estimate of drug-likeness (QED) is 0.659. The molecule has 2 rings (SSSR count). The molecule has 20 heavy (non-hydrogen) atoms. The monoisotopic (exact) mass is 452 g/mol. The zero-order valence-electron chi connectivity index (χ0n) is 10.9. The number of ether oxygens (including phenoxy) is 3. The molecule has 5 nitrogen and oxygen atoms in total. The van der Waals surface area contributed by atoms with Crippen LogP contribution in [0, 0.1) is 0 Å². The van der Waals surface area contributed by atoms with Crippen LogP contribution in [0.25, 0.3) is 0 Å². The fourth-order valence-electron chi connectivity index (χ4n) is 1.99. The van der Waals surface area contributed by atoms with Gasteiger partial charge in [0, 0.05) is 6.07 Å². The molecule has 0 heterocycles. The maximum absolute atomic E-state index is 12.4. The summed E-state index contributed by atoms with van der Waals surface area (Å²) in [5.41, 5.74) is 0.351. The van der Waals surface area contributed by atoms with Gasteiger partial charge in [-0.1, -0.05) is 0 Å². The Labute approximate surface area is 137 Å². The average molecular weight is 453 g/mol. The minimum Gasteiger partial charge on any atom is -0.496 e. The SMILES string of the molecule is COc1cc(OC)c2c(c1OC)C(=O)C(I)=C(Br)C2=O. The Hall–Kier alpha value is -1.09. The molecule has 0 aliphatic heterocycles. The van der Waals surface area contributed by atoms with Gasteiger partial charge in [0.1, 0.15) is 5.75 Å². The van der Waals surface area contributed by atoms with Crippen molar-refractivity contribution in [2.24, 2.45) is 0 Å². The molecule has 1 aliphatic rings. The second kappa shape index (κ2) is 5.72. The third kappa shape index (κ3) is 2.12. The molecule has 0 bridgehead atoms. The number of carbonyl (C=O) groups is 2. The van der Waals surface area contributed by atoms with E-state index in [4.69, 9.17) is 14.2 Å². The van der Waals surface area contributed by atoms with Gasteiger partial charge in [-0.05, 0) is 38.5 Å². The molecule has 0 saturated heterocycles. The highest BCUT2D eigenvalue weighted by Crippen LogP contribution is 2.46. The molecule has 1 aliphatic carbocycles. The lowest BCUT2D eigenvalue weighted by atomic mass is 9.92. The second-order valence-corrected chi connectivity index (χ2v) is 5.72. The number of rotatable bonds is 3. The minimum atomic E-state index is -0.318. The number of Topliss-reactive ketones (excluding diaryl/α,β-unsaturated/α-hetero) is 2. The van der Waals surface area contributed by atoms with Crippen molar-refractivity contribution in [2.75, 3.05) is 21.3 Å². The Morgan fingerprint density at radius 3 is 2.05 bits per heavy atom. The fraction of sp³-hybridized carbons (Fsp3) is 0.231. The van der Waals surface area contributed by atoms with E-state index in [1.807, 2.05) is 22.6 Å². The Morgan fingerprint density at radius 1 is 0.950 bits per heavy atom. The highest BCUT2D eigenvalue weighted by molar-refractivity contribution is 14.1. The highest BCUT2D eigenvalue weighted by atomic mass is 127. The van der Waals surface area contributed by atoms with Gasteiger partial charge in [-0.15, -0.1) is 0 Å². The Morgan fingerprint density at radius 2 is 1.55 bits per heavy atom. The number of ketones is 2. The number of allylic oxidation sites excluding steroid dienone is 2. The third-order valence-corrected chi connectivity index (χ3v) is 5.43. The molecule has 0 N–H and O–H groups in total. The van der Waals surface area contributed by atoms with Gasteiger partial charge >= 0.3 is 0 Å². The molecule has 0 spiro atoms. The van der Waals surface area contributed by atoms with Crippen LogP contribution in [0.4, 0.5) is 0 Å². The van der Waals surface area contributed by atoms with Crippen LogP contribution in [0.1, 0.15) is 20.7 Å². The maximum Gasteiger partial charge on any atom is 0.205 e. The van der Waals surface area contributed by atoms with Gasteiger partial charge < -0.3 is 14.2 Å². The smallest absolute Gasteiger partial charge is 0.205 e. The van der Waals surface area contributed by atoms with E-state index in [-0.39, 0.29) is 38.7 Å². The van der Waals surface area contributed by atoms with Crippen molar-refractivity contribution >= 4 is 50.1 Å². The van der Waals surface area contributed by atoms with Crippen LogP contribution < -0.4 is 14.2 Å². The normalized spacial score (nSPS) is 14.2.